The molecule has 0 aliphatic carbocycles. The van der Waals surface area contributed by atoms with E-state index in [4.69, 9.17) is 27.9 Å². The highest BCUT2D eigenvalue weighted by Gasteiger charge is 2.32. The van der Waals surface area contributed by atoms with Gasteiger partial charge in [-0.3, -0.25) is 9.10 Å². The SMILES string of the molecule is CCOC(=O)N1CCN(C(=O)CN(c2cccc(Cl)c2Cl)S(=O)(=O)c2ccc(C)cc2)CC1. The van der Waals surface area contributed by atoms with E-state index in [9.17, 15) is 18.0 Å². The Kier molecular flexibility index (Phi) is 8.10. The smallest absolute Gasteiger partial charge is 0.409 e. The fraction of sp³-hybridized carbons (Fsp3) is 0.364. The van der Waals surface area contributed by atoms with Crippen LogP contribution in [0.15, 0.2) is 47.4 Å². The lowest BCUT2D eigenvalue weighted by molar-refractivity contribution is -0.131. The van der Waals surface area contributed by atoms with Crippen molar-refractivity contribution in [1.29, 1.82) is 0 Å². The second kappa shape index (κ2) is 10.6. The second-order valence-electron chi connectivity index (χ2n) is 7.46. The van der Waals surface area contributed by atoms with Gasteiger partial charge in [-0.05, 0) is 38.1 Å². The van der Waals surface area contributed by atoms with Gasteiger partial charge < -0.3 is 14.5 Å². The van der Waals surface area contributed by atoms with Gasteiger partial charge in [-0.1, -0.05) is 47.0 Å². The van der Waals surface area contributed by atoms with Crippen LogP contribution in [0.2, 0.25) is 10.0 Å². The lowest BCUT2D eigenvalue weighted by Gasteiger charge is -2.35. The van der Waals surface area contributed by atoms with Gasteiger partial charge in [0.2, 0.25) is 5.91 Å². The zero-order valence-electron chi connectivity index (χ0n) is 18.3. The molecule has 3 rings (SSSR count). The molecule has 178 valence electrons. The van der Waals surface area contributed by atoms with Crippen molar-refractivity contribution in [3.63, 3.8) is 0 Å². The van der Waals surface area contributed by atoms with Crippen molar-refractivity contribution in [2.75, 3.05) is 43.6 Å². The fourth-order valence-corrected chi connectivity index (χ4v) is 5.27. The molecule has 0 aromatic heterocycles. The molecule has 0 radical (unpaired) electrons. The van der Waals surface area contributed by atoms with Crippen molar-refractivity contribution < 1.29 is 22.7 Å². The average Bonchev–Trinajstić information content (AvgIpc) is 2.80. The molecule has 1 saturated heterocycles. The molecule has 0 unspecified atom stereocenters. The summed E-state index contributed by atoms with van der Waals surface area (Å²) in [6.07, 6.45) is -0.432. The molecule has 0 bridgehead atoms. The summed E-state index contributed by atoms with van der Waals surface area (Å²) >= 11 is 12.5. The minimum Gasteiger partial charge on any atom is -0.450 e. The van der Waals surface area contributed by atoms with Crippen LogP contribution >= 0.6 is 23.2 Å². The predicted octanol–water partition coefficient (Wildman–Crippen LogP) is 3.80. The Morgan fingerprint density at radius 1 is 1.00 bits per heavy atom. The maximum absolute atomic E-state index is 13.5. The van der Waals surface area contributed by atoms with Gasteiger partial charge in [0.25, 0.3) is 10.0 Å². The Balaban J connectivity index is 1.87. The maximum Gasteiger partial charge on any atom is 0.409 e. The monoisotopic (exact) mass is 513 g/mol. The van der Waals surface area contributed by atoms with Crippen LogP contribution in [0, 0.1) is 6.92 Å². The predicted molar refractivity (Wildman–Crippen MR) is 127 cm³/mol. The number of ether oxygens (including phenoxy) is 1. The summed E-state index contributed by atoms with van der Waals surface area (Å²) in [4.78, 5) is 28.1. The van der Waals surface area contributed by atoms with E-state index in [0.717, 1.165) is 9.87 Å². The molecule has 2 amide bonds. The lowest BCUT2D eigenvalue weighted by atomic mass is 10.2. The quantitative estimate of drug-likeness (QED) is 0.586. The van der Waals surface area contributed by atoms with Gasteiger partial charge in [-0.15, -0.1) is 0 Å². The largest absolute Gasteiger partial charge is 0.450 e. The molecule has 8 nitrogen and oxygen atoms in total. The number of hydrogen-bond donors (Lipinski definition) is 0. The number of amides is 2. The zero-order chi connectivity index (χ0) is 24.2. The van der Waals surface area contributed by atoms with E-state index in [1.54, 1.807) is 31.2 Å². The molecule has 1 aliphatic rings. The number of benzene rings is 2. The highest BCUT2D eigenvalue weighted by atomic mass is 35.5. The third-order valence-corrected chi connectivity index (χ3v) is 7.83. The topological polar surface area (TPSA) is 87.2 Å². The molecule has 0 N–H and O–H groups in total. The van der Waals surface area contributed by atoms with Crippen LogP contribution in [0.1, 0.15) is 12.5 Å². The minimum absolute atomic E-state index is 0.0315. The van der Waals surface area contributed by atoms with Crippen LogP contribution in [0.5, 0.6) is 0 Å². The first-order valence-corrected chi connectivity index (χ1v) is 12.6. The third kappa shape index (κ3) is 5.72. The van der Waals surface area contributed by atoms with Crippen LogP contribution in [0.4, 0.5) is 10.5 Å². The molecule has 1 aliphatic heterocycles. The summed E-state index contributed by atoms with van der Waals surface area (Å²) in [5, 5.41) is 0.212. The van der Waals surface area contributed by atoms with Crippen LogP contribution in [0.3, 0.4) is 0 Å². The summed E-state index contributed by atoms with van der Waals surface area (Å²) < 4.78 is 33.0. The van der Waals surface area contributed by atoms with Gasteiger partial charge in [-0.2, -0.15) is 0 Å². The fourth-order valence-electron chi connectivity index (χ4n) is 3.40. The van der Waals surface area contributed by atoms with Gasteiger partial charge >= 0.3 is 6.09 Å². The number of hydrogen-bond acceptors (Lipinski definition) is 5. The van der Waals surface area contributed by atoms with E-state index >= 15 is 0 Å². The molecular formula is C22H25Cl2N3O5S. The number of piperazine rings is 1. The molecule has 1 fully saturated rings. The normalized spacial score (nSPS) is 14.2. The van der Waals surface area contributed by atoms with E-state index < -0.39 is 28.6 Å². The van der Waals surface area contributed by atoms with Crippen LogP contribution < -0.4 is 4.31 Å². The molecule has 2 aromatic carbocycles. The van der Waals surface area contributed by atoms with Crippen molar-refractivity contribution in [1.82, 2.24) is 9.80 Å². The summed E-state index contributed by atoms with van der Waals surface area (Å²) in [6, 6.07) is 11.0. The average molecular weight is 514 g/mol. The Hall–Kier alpha value is -2.49. The van der Waals surface area contributed by atoms with Crippen LogP contribution in [-0.2, 0) is 19.6 Å². The Labute approximate surface area is 203 Å². The maximum atomic E-state index is 13.5. The number of sulfonamides is 1. The zero-order valence-corrected chi connectivity index (χ0v) is 20.7. The summed E-state index contributed by atoms with van der Waals surface area (Å²) in [6.45, 7) is 4.50. The number of aryl methyl sites for hydroxylation is 1. The van der Waals surface area contributed by atoms with E-state index in [0.29, 0.717) is 13.1 Å². The lowest BCUT2D eigenvalue weighted by Crippen LogP contribution is -2.53. The van der Waals surface area contributed by atoms with Crippen molar-refractivity contribution in [3.05, 3.63) is 58.1 Å². The molecule has 33 heavy (non-hydrogen) atoms. The third-order valence-electron chi connectivity index (χ3n) is 5.25. The molecule has 0 atom stereocenters. The highest BCUT2D eigenvalue weighted by molar-refractivity contribution is 7.92. The second-order valence-corrected chi connectivity index (χ2v) is 10.1. The van der Waals surface area contributed by atoms with Gasteiger partial charge in [-0.25, -0.2) is 13.2 Å². The number of halogens is 2. The van der Waals surface area contributed by atoms with Gasteiger partial charge in [0.05, 0.1) is 27.2 Å². The number of rotatable bonds is 6. The van der Waals surface area contributed by atoms with Gasteiger partial charge in [0, 0.05) is 26.2 Å². The van der Waals surface area contributed by atoms with Crippen molar-refractivity contribution in [3.8, 4) is 0 Å². The molecule has 0 spiro atoms. The Morgan fingerprint density at radius 2 is 1.61 bits per heavy atom. The number of anilines is 1. The number of carbonyl (C=O) groups excluding carboxylic acids is 2. The van der Waals surface area contributed by atoms with E-state index in [2.05, 4.69) is 0 Å². The summed E-state index contributed by atoms with van der Waals surface area (Å²) in [5.41, 5.74) is 1.01. The van der Waals surface area contributed by atoms with Crippen molar-refractivity contribution >= 4 is 50.9 Å². The first-order valence-electron chi connectivity index (χ1n) is 10.4. The van der Waals surface area contributed by atoms with Gasteiger partial charge in [0.15, 0.2) is 0 Å². The molecule has 0 saturated carbocycles. The first-order chi connectivity index (χ1) is 15.6. The van der Waals surface area contributed by atoms with Gasteiger partial charge in [0.1, 0.15) is 6.54 Å². The summed E-state index contributed by atoms with van der Waals surface area (Å²) in [7, 11) is -4.12. The van der Waals surface area contributed by atoms with Crippen molar-refractivity contribution in [2.24, 2.45) is 0 Å². The van der Waals surface area contributed by atoms with E-state index in [1.165, 1.54) is 28.0 Å². The molecule has 11 heteroatoms. The molecule has 1 heterocycles. The first kappa shape index (κ1) is 25.1. The van der Waals surface area contributed by atoms with E-state index in [1.807, 2.05) is 6.92 Å². The Morgan fingerprint density at radius 3 is 2.21 bits per heavy atom. The Bertz CT molecular complexity index is 1120. The van der Waals surface area contributed by atoms with E-state index in [-0.39, 0.29) is 40.3 Å². The number of nitrogens with zero attached hydrogens (tertiary/aromatic N) is 3. The minimum atomic E-state index is -4.12. The van der Waals surface area contributed by atoms with Crippen LogP contribution in [0.25, 0.3) is 0 Å². The standard InChI is InChI=1S/C22H25Cl2N3O5S/c1-3-32-22(29)26-13-11-25(12-14-26)20(28)15-27(19-6-4-5-18(23)21(19)24)33(30,31)17-9-7-16(2)8-10-17/h4-10H,3,11-15H2,1-2H3. The highest BCUT2D eigenvalue weighted by Crippen LogP contribution is 2.35. The molecular weight excluding hydrogens is 489 g/mol. The molecule has 2 aromatic rings. The summed E-state index contributed by atoms with van der Waals surface area (Å²) in [5.74, 6) is -0.412. The van der Waals surface area contributed by atoms with Crippen molar-refractivity contribution in [2.45, 2.75) is 18.7 Å². The number of carbonyl (C=O) groups is 2. The van der Waals surface area contributed by atoms with Crippen LogP contribution in [-0.4, -0.2) is 69.5 Å².